The molecule has 50 heavy (non-hydrogen) atoms. The van der Waals surface area contributed by atoms with Crippen LogP contribution in [0.2, 0.25) is 10.0 Å². The van der Waals surface area contributed by atoms with E-state index in [0.717, 1.165) is 33.9 Å². The average molecular weight is 728 g/mol. The van der Waals surface area contributed by atoms with Crippen molar-refractivity contribution in [1.82, 2.24) is 24.9 Å². The number of para-hydroxylation sites is 1. The van der Waals surface area contributed by atoms with Crippen LogP contribution in [0.3, 0.4) is 0 Å². The smallest absolute Gasteiger partial charge is 0.273 e. The van der Waals surface area contributed by atoms with Crippen molar-refractivity contribution >= 4 is 52.0 Å². The Morgan fingerprint density at radius 1 is 0.800 bits per heavy atom. The molecule has 0 aliphatic rings. The molecular formula is C39H40Cl2N6O2S. The Morgan fingerprint density at radius 3 is 2.14 bits per heavy atom. The number of anilines is 1. The summed E-state index contributed by atoms with van der Waals surface area (Å²) in [6.07, 6.45) is 0.824. The number of hydrogen-bond acceptors (Lipinski definition) is 5. The highest BCUT2D eigenvalue weighted by Gasteiger charge is 2.23. The van der Waals surface area contributed by atoms with Gasteiger partial charge in [0.1, 0.15) is 17.1 Å². The summed E-state index contributed by atoms with van der Waals surface area (Å²) >= 11 is 13.9. The van der Waals surface area contributed by atoms with Gasteiger partial charge in [-0.15, -0.1) is 11.3 Å². The van der Waals surface area contributed by atoms with Crippen LogP contribution in [0.15, 0.2) is 109 Å². The van der Waals surface area contributed by atoms with Crippen LogP contribution in [0, 0.1) is 0 Å². The van der Waals surface area contributed by atoms with E-state index in [4.69, 9.17) is 23.2 Å². The first-order valence-electron chi connectivity index (χ1n) is 16.3. The molecule has 0 bridgehead atoms. The highest BCUT2D eigenvalue weighted by molar-refractivity contribution is 7.13. The molecule has 0 unspecified atom stereocenters. The number of amides is 2. The summed E-state index contributed by atoms with van der Waals surface area (Å²) in [4.78, 5) is 26.4. The minimum atomic E-state index is -0.214. The summed E-state index contributed by atoms with van der Waals surface area (Å²) in [7, 11) is 0. The minimum Gasteiger partial charge on any atom is -0.350 e. The predicted octanol–water partition coefficient (Wildman–Crippen LogP) is 9.39. The Balaban J connectivity index is 0.000000197. The van der Waals surface area contributed by atoms with Crippen LogP contribution < -0.4 is 10.6 Å². The second kappa shape index (κ2) is 16.8. The van der Waals surface area contributed by atoms with Gasteiger partial charge in [-0.1, -0.05) is 105 Å². The molecule has 3 heterocycles. The molecule has 8 nitrogen and oxygen atoms in total. The monoisotopic (exact) mass is 726 g/mol. The van der Waals surface area contributed by atoms with E-state index in [1.54, 1.807) is 32.8 Å². The number of hydrogen-bond donors (Lipinski definition) is 2. The quantitative estimate of drug-likeness (QED) is 0.147. The SMILES string of the molecule is CC(C)(C)c1cc(C(=O)Nc2ccccc2)n(Cc2ccc(Cl)cc2Cl)n1.CCn1nc(-c2cccs2)cc1C(=O)NCCc1ccccc1. The lowest BCUT2D eigenvalue weighted by atomic mass is 9.92. The van der Waals surface area contributed by atoms with Crippen molar-refractivity contribution in [2.75, 3.05) is 11.9 Å². The number of rotatable bonds is 10. The van der Waals surface area contributed by atoms with Gasteiger partial charge in [0.15, 0.2) is 0 Å². The lowest BCUT2D eigenvalue weighted by Gasteiger charge is -2.14. The molecule has 3 aromatic carbocycles. The summed E-state index contributed by atoms with van der Waals surface area (Å²) in [5, 5.41) is 18.2. The number of aryl methyl sites for hydroxylation is 1. The van der Waals surface area contributed by atoms with Gasteiger partial charge in [0.05, 0.1) is 17.1 Å². The molecule has 258 valence electrons. The molecule has 0 aliphatic carbocycles. The van der Waals surface area contributed by atoms with E-state index in [9.17, 15) is 9.59 Å². The Morgan fingerprint density at radius 2 is 1.50 bits per heavy atom. The molecule has 6 rings (SSSR count). The van der Waals surface area contributed by atoms with E-state index < -0.39 is 0 Å². The van der Waals surface area contributed by atoms with Gasteiger partial charge in [-0.3, -0.25) is 19.0 Å². The zero-order valence-electron chi connectivity index (χ0n) is 28.5. The third-order valence-electron chi connectivity index (χ3n) is 7.78. The molecule has 0 saturated heterocycles. The summed E-state index contributed by atoms with van der Waals surface area (Å²) in [6.45, 7) is 9.85. The van der Waals surface area contributed by atoms with Gasteiger partial charge in [0.25, 0.3) is 11.8 Å². The van der Waals surface area contributed by atoms with E-state index >= 15 is 0 Å². The summed E-state index contributed by atoms with van der Waals surface area (Å²) in [5.74, 6) is -0.285. The maximum Gasteiger partial charge on any atom is 0.273 e. The average Bonchev–Trinajstić information content (AvgIpc) is 3.87. The number of carbonyl (C=O) groups is 2. The number of benzene rings is 3. The number of thiophene rings is 1. The number of aromatic nitrogens is 4. The Kier molecular flexibility index (Phi) is 12.3. The second-order valence-electron chi connectivity index (χ2n) is 12.6. The third-order valence-corrected chi connectivity index (χ3v) is 9.26. The Labute approximate surface area is 307 Å². The van der Waals surface area contributed by atoms with E-state index in [1.165, 1.54) is 5.56 Å². The molecule has 0 atom stereocenters. The van der Waals surface area contributed by atoms with E-state index in [-0.39, 0.29) is 17.2 Å². The van der Waals surface area contributed by atoms with Crippen LogP contribution in [0.5, 0.6) is 0 Å². The van der Waals surface area contributed by atoms with Gasteiger partial charge < -0.3 is 10.6 Å². The normalized spacial score (nSPS) is 11.1. The van der Waals surface area contributed by atoms with Crippen LogP contribution in [-0.4, -0.2) is 37.9 Å². The second-order valence-corrected chi connectivity index (χ2v) is 14.4. The molecule has 0 saturated carbocycles. The minimum absolute atomic E-state index is 0.0712. The number of nitrogens with one attached hydrogen (secondary N) is 2. The van der Waals surface area contributed by atoms with Gasteiger partial charge in [0.2, 0.25) is 0 Å². The van der Waals surface area contributed by atoms with Crippen LogP contribution in [0.4, 0.5) is 5.69 Å². The van der Waals surface area contributed by atoms with E-state index in [1.807, 2.05) is 91.2 Å². The first kappa shape index (κ1) is 36.6. The highest BCUT2D eigenvalue weighted by Crippen LogP contribution is 2.26. The van der Waals surface area contributed by atoms with Gasteiger partial charge >= 0.3 is 0 Å². The maximum atomic E-state index is 12.9. The summed E-state index contributed by atoms with van der Waals surface area (Å²) < 4.78 is 3.45. The van der Waals surface area contributed by atoms with Crippen molar-refractivity contribution in [3.8, 4) is 10.6 Å². The molecular weight excluding hydrogens is 687 g/mol. The largest absolute Gasteiger partial charge is 0.350 e. The maximum absolute atomic E-state index is 12.9. The van der Waals surface area contributed by atoms with Crippen molar-refractivity contribution in [1.29, 1.82) is 0 Å². The lowest BCUT2D eigenvalue weighted by Crippen LogP contribution is -2.28. The number of halogens is 2. The topological polar surface area (TPSA) is 93.8 Å². The lowest BCUT2D eigenvalue weighted by molar-refractivity contribution is 0.0942. The highest BCUT2D eigenvalue weighted by atomic mass is 35.5. The first-order valence-corrected chi connectivity index (χ1v) is 18.0. The van der Waals surface area contributed by atoms with Crippen molar-refractivity contribution in [3.05, 3.63) is 147 Å². The molecule has 0 spiro atoms. The van der Waals surface area contributed by atoms with Crippen molar-refractivity contribution in [2.45, 2.75) is 52.6 Å². The third kappa shape index (κ3) is 9.72. The van der Waals surface area contributed by atoms with Crippen LogP contribution >= 0.6 is 34.5 Å². The van der Waals surface area contributed by atoms with Crippen LogP contribution in [0.1, 0.15) is 65.5 Å². The fraction of sp³-hybridized carbons (Fsp3) is 0.231. The van der Waals surface area contributed by atoms with E-state index in [2.05, 4.69) is 53.7 Å². The van der Waals surface area contributed by atoms with Gasteiger partial charge in [-0.05, 0) is 72.3 Å². The fourth-order valence-corrected chi connectivity index (χ4v) is 6.21. The standard InChI is InChI=1S/C21H21Cl2N3O.C18H19N3OS/c1-21(2,3)19-12-18(20(27)24-16-7-5-4-6-8-16)26(25-19)13-14-9-10-15(22)11-17(14)23;1-2-21-16(13-15(20-21)17-9-6-12-23-17)18(22)19-11-10-14-7-4-3-5-8-14/h4-12H,13H2,1-3H3,(H,24,27);3-9,12-13H,2,10-11H2,1H3,(H,19,22). The van der Waals surface area contributed by atoms with E-state index in [0.29, 0.717) is 41.1 Å². The Bertz CT molecular complexity index is 2020. The summed E-state index contributed by atoms with van der Waals surface area (Å²) in [5.41, 5.74) is 5.41. The molecule has 11 heteroatoms. The van der Waals surface area contributed by atoms with Crippen LogP contribution in [0.25, 0.3) is 10.6 Å². The van der Waals surface area contributed by atoms with Gasteiger partial charge in [-0.25, -0.2) is 0 Å². The molecule has 0 radical (unpaired) electrons. The number of nitrogens with zero attached hydrogens (tertiary/aromatic N) is 4. The van der Waals surface area contributed by atoms with Crippen molar-refractivity contribution in [3.63, 3.8) is 0 Å². The molecule has 2 amide bonds. The van der Waals surface area contributed by atoms with Crippen molar-refractivity contribution in [2.24, 2.45) is 0 Å². The zero-order valence-corrected chi connectivity index (χ0v) is 30.8. The fourth-order valence-electron chi connectivity index (χ4n) is 5.06. The molecule has 0 fully saturated rings. The predicted molar refractivity (Wildman–Crippen MR) is 205 cm³/mol. The molecule has 0 aliphatic heterocycles. The molecule has 3 aromatic heterocycles. The first-order chi connectivity index (χ1) is 24.0. The Hall–Kier alpha value is -4.70. The molecule has 2 N–H and O–H groups in total. The van der Waals surface area contributed by atoms with Gasteiger partial charge in [-0.2, -0.15) is 10.2 Å². The van der Waals surface area contributed by atoms with Gasteiger partial charge in [0, 0.05) is 34.2 Å². The summed E-state index contributed by atoms with van der Waals surface area (Å²) in [6, 6.07) is 32.5. The zero-order chi connectivity index (χ0) is 35.7. The molecule has 6 aromatic rings. The number of carbonyl (C=O) groups excluding carboxylic acids is 2. The van der Waals surface area contributed by atoms with Crippen LogP contribution in [-0.2, 0) is 24.9 Å². The van der Waals surface area contributed by atoms with Crippen molar-refractivity contribution < 1.29 is 9.59 Å².